The molecule has 4 rings (SSSR count). The zero-order valence-corrected chi connectivity index (χ0v) is 19.4. The number of anilines is 1. The van der Waals surface area contributed by atoms with E-state index in [1.54, 1.807) is 18.3 Å². The summed E-state index contributed by atoms with van der Waals surface area (Å²) in [4.78, 5) is 16.8. The van der Waals surface area contributed by atoms with Crippen LogP contribution in [0.3, 0.4) is 0 Å². The highest BCUT2D eigenvalue weighted by molar-refractivity contribution is 5.92. The van der Waals surface area contributed by atoms with Crippen molar-refractivity contribution in [1.82, 2.24) is 10.3 Å². The summed E-state index contributed by atoms with van der Waals surface area (Å²) in [6, 6.07) is 12.1. The van der Waals surface area contributed by atoms with E-state index in [-0.39, 0.29) is 11.7 Å². The van der Waals surface area contributed by atoms with Gasteiger partial charge in [0.1, 0.15) is 0 Å². The Morgan fingerprint density at radius 2 is 1.88 bits per heavy atom. The average molecular weight is 449 g/mol. The third kappa shape index (κ3) is 5.54. The largest absolute Gasteiger partial charge is 0.459 e. The fraction of sp³-hybridized carbons (Fsp3) is 0.385. The maximum atomic E-state index is 12.1. The number of furan rings is 1. The van der Waals surface area contributed by atoms with Crippen LogP contribution in [-0.4, -0.2) is 56.4 Å². The number of hydrogen-bond acceptors (Lipinski definition) is 6. The molecule has 33 heavy (non-hydrogen) atoms. The van der Waals surface area contributed by atoms with Gasteiger partial charge in [0.15, 0.2) is 5.76 Å². The summed E-state index contributed by atoms with van der Waals surface area (Å²) in [5, 5.41) is 4.21. The van der Waals surface area contributed by atoms with Gasteiger partial charge in [-0.15, -0.1) is 0 Å². The molecule has 0 unspecified atom stereocenters. The van der Waals surface area contributed by atoms with Crippen molar-refractivity contribution in [3.8, 4) is 0 Å². The molecule has 1 saturated heterocycles. The van der Waals surface area contributed by atoms with Gasteiger partial charge in [-0.1, -0.05) is 12.1 Å². The van der Waals surface area contributed by atoms with Gasteiger partial charge >= 0.3 is 5.91 Å². The van der Waals surface area contributed by atoms with Crippen molar-refractivity contribution < 1.29 is 13.9 Å². The van der Waals surface area contributed by atoms with Crippen LogP contribution in [0.5, 0.6) is 0 Å². The lowest BCUT2D eigenvalue weighted by Crippen LogP contribution is -2.36. The summed E-state index contributed by atoms with van der Waals surface area (Å²) in [5.41, 5.74) is 8.64. The molecule has 1 aliphatic heterocycles. The Hall–Kier alpha value is -3.32. The molecule has 0 bridgehead atoms. The average Bonchev–Trinajstić information content (AvgIpc) is 3.52. The molecule has 1 aromatic carbocycles. The van der Waals surface area contributed by atoms with Gasteiger partial charge in [-0.25, -0.2) is 5.43 Å². The van der Waals surface area contributed by atoms with E-state index in [0.29, 0.717) is 0 Å². The number of rotatable bonds is 8. The van der Waals surface area contributed by atoms with E-state index in [2.05, 4.69) is 64.5 Å². The van der Waals surface area contributed by atoms with Crippen LogP contribution in [0.2, 0.25) is 0 Å². The lowest BCUT2D eigenvalue weighted by Gasteiger charge is -2.31. The number of nitrogens with zero attached hydrogens (tertiary/aromatic N) is 3. The molecule has 0 spiro atoms. The molecule has 7 nitrogen and oxygen atoms in total. The van der Waals surface area contributed by atoms with Crippen LogP contribution >= 0.6 is 0 Å². The van der Waals surface area contributed by atoms with Gasteiger partial charge < -0.3 is 19.0 Å². The summed E-state index contributed by atoms with van der Waals surface area (Å²) >= 11 is 0. The van der Waals surface area contributed by atoms with E-state index in [9.17, 15) is 4.79 Å². The van der Waals surface area contributed by atoms with Crippen molar-refractivity contribution in [3.63, 3.8) is 0 Å². The molecule has 7 heteroatoms. The standard InChI is InChI=1S/C26H32N4O3/c1-3-29(4-2)23-11-7-20(8-12-23)18-21-9-10-22(25(21)30-13-16-32-17-14-30)19-27-28-26(31)24-6-5-15-33-24/h5-8,11-12,15,18-19H,3-4,9-10,13-14,16-17H2,1-2H3,(H,28,31)/b21-18+,27-19+. The van der Waals surface area contributed by atoms with E-state index in [1.165, 1.54) is 28.8 Å². The Morgan fingerprint density at radius 3 is 2.55 bits per heavy atom. The molecule has 1 N–H and O–H groups in total. The maximum Gasteiger partial charge on any atom is 0.307 e. The molecule has 2 heterocycles. The zero-order chi connectivity index (χ0) is 23.0. The highest BCUT2D eigenvalue weighted by atomic mass is 16.5. The van der Waals surface area contributed by atoms with Gasteiger partial charge in [-0.05, 0) is 73.7 Å². The SMILES string of the molecule is CCN(CC)c1ccc(/C=C2\CCC(/C=N/NC(=O)c3ccco3)=C2N2CCOCC2)cc1. The van der Waals surface area contributed by atoms with Crippen LogP contribution in [-0.2, 0) is 4.74 Å². The third-order valence-corrected chi connectivity index (χ3v) is 6.09. The number of allylic oxidation sites excluding steroid dienone is 2. The summed E-state index contributed by atoms with van der Waals surface area (Å²) in [6.45, 7) is 9.49. The van der Waals surface area contributed by atoms with E-state index < -0.39 is 0 Å². The molecule has 1 aliphatic carbocycles. The molecular weight excluding hydrogens is 416 g/mol. The minimum atomic E-state index is -0.355. The van der Waals surface area contributed by atoms with Crippen LogP contribution in [0.15, 0.2) is 69.0 Å². The predicted octanol–water partition coefficient (Wildman–Crippen LogP) is 4.31. The Kier molecular flexibility index (Phi) is 7.62. The first-order chi connectivity index (χ1) is 16.2. The number of ether oxygens (including phenoxy) is 1. The summed E-state index contributed by atoms with van der Waals surface area (Å²) in [6.07, 6.45) is 7.35. The van der Waals surface area contributed by atoms with Crippen molar-refractivity contribution in [2.24, 2.45) is 5.10 Å². The fourth-order valence-corrected chi connectivity index (χ4v) is 4.37. The van der Waals surface area contributed by atoms with Gasteiger partial charge in [0, 0.05) is 37.6 Å². The predicted molar refractivity (Wildman–Crippen MR) is 131 cm³/mol. The highest BCUT2D eigenvalue weighted by Crippen LogP contribution is 2.35. The van der Waals surface area contributed by atoms with Gasteiger partial charge in [0.05, 0.1) is 25.7 Å². The van der Waals surface area contributed by atoms with Crippen LogP contribution in [0.1, 0.15) is 42.8 Å². The number of carbonyl (C=O) groups excluding carboxylic acids is 1. The minimum absolute atomic E-state index is 0.245. The number of benzene rings is 1. The second-order valence-corrected chi connectivity index (χ2v) is 8.08. The Labute approximate surface area is 195 Å². The van der Waals surface area contributed by atoms with E-state index in [0.717, 1.165) is 57.8 Å². The summed E-state index contributed by atoms with van der Waals surface area (Å²) < 4.78 is 10.7. The minimum Gasteiger partial charge on any atom is -0.459 e. The second kappa shape index (κ2) is 11.0. The van der Waals surface area contributed by atoms with Crippen molar-refractivity contribution in [1.29, 1.82) is 0 Å². The van der Waals surface area contributed by atoms with Crippen molar-refractivity contribution in [3.05, 3.63) is 70.8 Å². The number of hydrogen-bond donors (Lipinski definition) is 1. The highest BCUT2D eigenvalue weighted by Gasteiger charge is 2.25. The molecule has 2 aromatic rings. The molecule has 174 valence electrons. The van der Waals surface area contributed by atoms with Gasteiger partial charge in [-0.2, -0.15) is 5.10 Å². The molecule has 1 aromatic heterocycles. The molecule has 1 amide bonds. The summed E-state index contributed by atoms with van der Waals surface area (Å²) in [5.74, 6) is -0.110. The van der Waals surface area contributed by atoms with Crippen molar-refractivity contribution >= 4 is 23.9 Å². The van der Waals surface area contributed by atoms with Gasteiger partial charge in [0.25, 0.3) is 0 Å². The molecule has 1 fully saturated rings. The van der Waals surface area contributed by atoms with E-state index in [1.807, 2.05) is 0 Å². The Balaban J connectivity index is 1.56. The van der Waals surface area contributed by atoms with E-state index >= 15 is 0 Å². The van der Waals surface area contributed by atoms with Crippen molar-refractivity contribution in [2.75, 3.05) is 44.3 Å². The number of nitrogens with one attached hydrogen (secondary N) is 1. The number of hydrazone groups is 1. The molecular formula is C26H32N4O3. The van der Waals surface area contributed by atoms with Gasteiger partial charge in [0.2, 0.25) is 0 Å². The molecule has 2 aliphatic rings. The molecule has 0 atom stereocenters. The van der Waals surface area contributed by atoms with Crippen LogP contribution in [0.4, 0.5) is 5.69 Å². The smallest absolute Gasteiger partial charge is 0.307 e. The maximum absolute atomic E-state index is 12.1. The zero-order valence-electron chi connectivity index (χ0n) is 19.4. The lowest BCUT2D eigenvalue weighted by atomic mass is 10.1. The molecule has 0 saturated carbocycles. The molecule has 0 radical (unpaired) electrons. The summed E-state index contributed by atoms with van der Waals surface area (Å²) in [7, 11) is 0. The lowest BCUT2D eigenvalue weighted by molar-refractivity contribution is 0.0548. The van der Waals surface area contributed by atoms with E-state index in [4.69, 9.17) is 9.15 Å². The fourth-order valence-electron chi connectivity index (χ4n) is 4.37. The van der Waals surface area contributed by atoms with Crippen molar-refractivity contribution in [2.45, 2.75) is 26.7 Å². The number of carbonyl (C=O) groups is 1. The van der Waals surface area contributed by atoms with Crippen LogP contribution in [0, 0.1) is 0 Å². The Bertz CT molecular complexity index is 1010. The monoisotopic (exact) mass is 448 g/mol. The van der Waals surface area contributed by atoms with Crippen LogP contribution < -0.4 is 10.3 Å². The first kappa shape index (κ1) is 22.9. The Morgan fingerprint density at radius 1 is 1.12 bits per heavy atom. The normalized spacial score (nSPS) is 17.9. The number of morpholine rings is 1. The quantitative estimate of drug-likeness (QED) is 0.482. The first-order valence-corrected chi connectivity index (χ1v) is 11.7. The third-order valence-electron chi connectivity index (χ3n) is 6.09. The first-order valence-electron chi connectivity index (χ1n) is 11.7. The number of amides is 1. The topological polar surface area (TPSA) is 70.3 Å². The second-order valence-electron chi connectivity index (χ2n) is 8.08. The van der Waals surface area contributed by atoms with Gasteiger partial charge in [-0.3, -0.25) is 4.79 Å². The van der Waals surface area contributed by atoms with Crippen LogP contribution in [0.25, 0.3) is 6.08 Å².